The molecule has 1 heterocycles. The van der Waals surface area contributed by atoms with Crippen LogP contribution in [0.2, 0.25) is 5.02 Å². The third-order valence-electron chi connectivity index (χ3n) is 4.65. The Morgan fingerprint density at radius 2 is 1.97 bits per heavy atom. The van der Waals surface area contributed by atoms with E-state index in [1.807, 2.05) is 0 Å². The number of Topliss-reactive ketones (excluding diaryl/α,β-unsaturated/α-hetero) is 1. The molecule has 152 valence electrons. The quantitative estimate of drug-likeness (QED) is 0.681. The molecule has 1 aromatic carbocycles. The first-order valence-electron chi connectivity index (χ1n) is 9.24. The summed E-state index contributed by atoms with van der Waals surface area (Å²) in [5.41, 5.74) is 6.06. The highest BCUT2D eigenvalue weighted by Gasteiger charge is 2.30. The highest BCUT2D eigenvalue weighted by atomic mass is 35.5. The molecule has 0 atom stereocenters. The van der Waals surface area contributed by atoms with Crippen LogP contribution in [0.25, 0.3) is 11.3 Å². The molecule has 1 aromatic heterocycles. The fourth-order valence-electron chi connectivity index (χ4n) is 2.89. The summed E-state index contributed by atoms with van der Waals surface area (Å²) in [6.07, 6.45) is 1.63. The fourth-order valence-corrected chi connectivity index (χ4v) is 3.07. The molecule has 0 radical (unpaired) electrons. The van der Waals surface area contributed by atoms with Gasteiger partial charge in [0, 0.05) is 35.4 Å². The van der Waals surface area contributed by atoms with E-state index in [1.165, 1.54) is 10.6 Å². The van der Waals surface area contributed by atoms with Crippen molar-refractivity contribution in [3.8, 4) is 11.3 Å². The molecule has 1 aliphatic carbocycles. The van der Waals surface area contributed by atoms with E-state index in [9.17, 15) is 19.2 Å². The zero-order valence-corrected chi connectivity index (χ0v) is 16.7. The summed E-state index contributed by atoms with van der Waals surface area (Å²) >= 11 is 6.07. The topological polar surface area (TPSA) is 124 Å². The van der Waals surface area contributed by atoms with Crippen LogP contribution in [0.15, 0.2) is 29.1 Å². The number of nitrogens with one attached hydrogen (secondary N) is 1. The number of nitrogens with zero attached hydrogens (tertiary/aromatic N) is 2. The zero-order chi connectivity index (χ0) is 21.1. The molecule has 2 amide bonds. The smallest absolute Gasteiger partial charge is 0.254 e. The molecule has 1 saturated carbocycles. The minimum Gasteiger partial charge on any atom is -0.370 e. The molecule has 9 heteroatoms. The summed E-state index contributed by atoms with van der Waals surface area (Å²) in [7, 11) is 0. The van der Waals surface area contributed by atoms with E-state index in [4.69, 9.17) is 17.3 Å². The first-order valence-corrected chi connectivity index (χ1v) is 9.61. The molecule has 1 aliphatic rings. The Labute approximate surface area is 172 Å². The lowest BCUT2D eigenvalue weighted by Crippen LogP contribution is -2.27. The third-order valence-corrected chi connectivity index (χ3v) is 4.88. The van der Waals surface area contributed by atoms with Crippen LogP contribution in [0, 0.1) is 12.8 Å². The standard InChI is InChI=1S/C20H21ClN4O4/c1-11-23-17(9-19(28)25(11)10-14(26)5-7-18(22)27)15-6-4-13(21)8-16(15)24-20(29)12-2-3-12/h4,6,8-9,12H,2-3,5,7,10H2,1H3,(H2,22,27)(H,24,29). The molecular weight excluding hydrogens is 396 g/mol. The molecule has 3 N–H and O–H groups in total. The first-order chi connectivity index (χ1) is 13.7. The summed E-state index contributed by atoms with van der Waals surface area (Å²) in [5.74, 6) is -0.587. The Morgan fingerprint density at radius 1 is 1.24 bits per heavy atom. The second-order valence-electron chi connectivity index (χ2n) is 7.07. The van der Waals surface area contributed by atoms with E-state index in [1.54, 1.807) is 25.1 Å². The van der Waals surface area contributed by atoms with Crippen LogP contribution in [0.4, 0.5) is 5.69 Å². The van der Waals surface area contributed by atoms with Crippen LogP contribution < -0.4 is 16.6 Å². The Kier molecular flexibility index (Phi) is 6.12. The Hall–Kier alpha value is -3.00. The second kappa shape index (κ2) is 8.57. The van der Waals surface area contributed by atoms with Crippen molar-refractivity contribution < 1.29 is 14.4 Å². The van der Waals surface area contributed by atoms with Crippen LogP contribution in [-0.4, -0.2) is 27.1 Å². The number of anilines is 1. The van der Waals surface area contributed by atoms with Gasteiger partial charge in [0.2, 0.25) is 11.8 Å². The lowest BCUT2D eigenvalue weighted by Gasteiger charge is -2.14. The Bertz CT molecular complexity index is 1040. The van der Waals surface area contributed by atoms with Crippen molar-refractivity contribution in [1.82, 2.24) is 9.55 Å². The van der Waals surface area contributed by atoms with Crippen molar-refractivity contribution in [2.45, 2.75) is 39.2 Å². The summed E-state index contributed by atoms with van der Waals surface area (Å²) in [6.45, 7) is 1.43. The van der Waals surface area contributed by atoms with Crippen molar-refractivity contribution in [2.24, 2.45) is 11.7 Å². The van der Waals surface area contributed by atoms with Gasteiger partial charge < -0.3 is 11.1 Å². The van der Waals surface area contributed by atoms with Gasteiger partial charge in [0.05, 0.1) is 17.9 Å². The van der Waals surface area contributed by atoms with Crippen LogP contribution in [-0.2, 0) is 20.9 Å². The monoisotopic (exact) mass is 416 g/mol. The summed E-state index contributed by atoms with van der Waals surface area (Å²) in [4.78, 5) is 52.0. The third kappa shape index (κ3) is 5.29. The molecular formula is C20H21ClN4O4. The van der Waals surface area contributed by atoms with E-state index in [0.29, 0.717) is 27.8 Å². The molecule has 0 saturated heterocycles. The molecule has 29 heavy (non-hydrogen) atoms. The Balaban J connectivity index is 1.88. The molecule has 3 rings (SSSR count). The van der Waals surface area contributed by atoms with Gasteiger partial charge in [-0.05, 0) is 38.0 Å². The highest BCUT2D eigenvalue weighted by Crippen LogP contribution is 2.33. The SMILES string of the molecule is Cc1nc(-c2ccc(Cl)cc2NC(=O)C2CC2)cc(=O)n1CC(=O)CCC(N)=O. The number of carbonyl (C=O) groups is 3. The molecule has 1 fully saturated rings. The number of benzene rings is 1. The number of halogens is 1. The van der Waals surface area contributed by atoms with E-state index in [0.717, 1.165) is 12.8 Å². The number of carbonyl (C=O) groups excluding carboxylic acids is 3. The van der Waals surface area contributed by atoms with Gasteiger partial charge >= 0.3 is 0 Å². The average molecular weight is 417 g/mol. The molecule has 0 spiro atoms. The van der Waals surface area contributed by atoms with Gasteiger partial charge in [-0.3, -0.25) is 23.7 Å². The molecule has 2 aromatic rings. The lowest BCUT2D eigenvalue weighted by molar-refractivity contribution is -0.124. The number of nitrogens with two attached hydrogens (primary N) is 1. The van der Waals surface area contributed by atoms with Crippen LogP contribution in [0.5, 0.6) is 0 Å². The van der Waals surface area contributed by atoms with Gasteiger partial charge in [-0.1, -0.05) is 11.6 Å². The van der Waals surface area contributed by atoms with Crippen LogP contribution in [0.1, 0.15) is 31.5 Å². The number of aryl methyl sites for hydroxylation is 1. The molecule has 8 nitrogen and oxygen atoms in total. The number of primary amides is 1. The maximum absolute atomic E-state index is 12.6. The minimum absolute atomic E-state index is 0.0101. The summed E-state index contributed by atoms with van der Waals surface area (Å²) in [5, 5.41) is 3.30. The first kappa shape index (κ1) is 20.7. The highest BCUT2D eigenvalue weighted by molar-refractivity contribution is 6.31. The minimum atomic E-state index is -0.570. The summed E-state index contributed by atoms with van der Waals surface area (Å²) < 4.78 is 1.24. The van der Waals surface area contributed by atoms with E-state index >= 15 is 0 Å². The molecule has 0 bridgehead atoms. The Morgan fingerprint density at radius 3 is 2.59 bits per heavy atom. The second-order valence-corrected chi connectivity index (χ2v) is 7.51. The number of hydrogen-bond acceptors (Lipinski definition) is 5. The van der Waals surface area contributed by atoms with Crippen molar-refractivity contribution >= 4 is 34.9 Å². The van der Waals surface area contributed by atoms with Gasteiger partial charge in [-0.25, -0.2) is 4.98 Å². The van der Waals surface area contributed by atoms with Crippen molar-refractivity contribution in [1.29, 1.82) is 0 Å². The molecule has 0 unspecified atom stereocenters. The van der Waals surface area contributed by atoms with Gasteiger partial charge in [0.1, 0.15) is 5.82 Å². The predicted molar refractivity (Wildman–Crippen MR) is 108 cm³/mol. The normalized spacial score (nSPS) is 13.2. The van der Waals surface area contributed by atoms with Gasteiger partial charge in [0.25, 0.3) is 5.56 Å². The summed E-state index contributed by atoms with van der Waals surface area (Å²) in [6, 6.07) is 6.27. The van der Waals surface area contributed by atoms with Crippen LogP contribution >= 0.6 is 11.6 Å². The number of aromatic nitrogens is 2. The van der Waals surface area contributed by atoms with Gasteiger partial charge in [-0.15, -0.1) is 0 Å². The van der Waals surface area contributed by atoms with E-state index < -0.39 is 11.5 Å². The number of rotatable bonds is 8. The van der Waals surface area contributed by atoms with Crippen LogP contribution in [0.3, 0.4) is 0 Å². The maximum atomic E-state index is 12.6. The number of ketones is 1. The van der Waals surface area contributed by atoms with Crippen molar-refractivity contribution in [2.75, 3.05) is 5.32 Å². The average Bonchev–Trinajstić information content (AvgIpc) is 3.48. The van der Waals surface area contributed by atoms with Crippen molar-refractivity contribution in [3.63, 3.8) is 0 Å². The largest absolute Gasteiger partial charge is 0.370 e. The van der Waals surface area contributed by atoms with Gasteiger partial charge in [0.15, 0.2) is 5.78 Å². The van der Waals surface area contributed by atoms with Gasteiger partial charge in [-0.2, -0.15) is 0 Å². The fraction of sp³-hybridized carbons (Fsp3) is 0.350. The molecule has 0 aliphatic heterocycles. The lowest BCUT2D eigenvalue weighted by atomic mass is 10.1. The van der Waals surface area contributed by atoms with E-state index in [-0.39, 0.29) is 37.0 Å². The predicted octanol–water partition coefficient (Wildman–Crippen LogP) is 2.06. The van der Waals surface area contributed by atoms with Crippen molar-refractivity contribution in [3.05, 3.63) is 45.5 Å². The zero-order valence-electron chi connectivity index (χ0n) is 15.9. The van der Waals surface area contributed by atoms with E-state index in [2.05, 4.69) is 10.3 Å². The number of amides is 2. The maximum Gasteiger partial charge on any atom is 0.254 e. The number of hydrogen-bond donors (Lipinski definition) is 2.